The number of rotatable bonds is 5. The van der Waals surface area contributed by atoms with E-state index in [0.717, 1.165) is 5.56 Å². The van der Waals surface area contributed by atoms with Crippen molar-refractivity contribution >= 4 is 27.0 Å². The Morgan fingerprint density at radius 2 is 1.86 bits per heavy atom. The molecular formula is C18H25N5O4S. The third-order valence-electron chi connectivity index (χ3n) is 5.00. The van der Waals surface area contributed by atoms with Crippen molar-refractivity contribution in [1.29, 1.82) is 0 Å². The largest absolute Gasteiger partial charge is 0.340 e. The van der Waals surface area contributed by atoms with Crippen molar-refractivity contribution in [3.63, 3.8) is 0 Å². The lowest BCUT2D eigenvalue weighted by atomic mass is 10.1. The van der Waals surface area contributed by atoms with Crippen molar-refractivity contribution in [1.82, 2.24) is 23.1 Å². The minimum atomic E-state index is -3.46. The van der Waals surface area contributed by atoms with Gasteiger partial charge in [0, 0.05) is 53.2 Å². The number of para-hydroxylation sites is 1. The summed E-state index contributed by atoms with van der Waals surface area (Å²) in [6, 6.07) is 5.46. The number of carbonyl (C=O) groups excluding carboxylic acids is 1. The van der Waals surface area contributed by atoms with Crippen LogP contribution in [0.2, 0.25) is 0 Å². The molecule has 1 aromatic heterocycles. The first kappa shape index (κ1) is 20.4. The zero-order chi connectivity index (χ0) is 20.5. The van der Waals surface area contributed by atoms with E-state index in [0.29, 0.717) is 24.0 Å². The predicted octanol–water partition coefficient (Wildman–Crippen LogP) is 0.0456. The van der Waals surface area contributed by atoms with Crippen LogP contribution in [0.5, 0.6) is 0 Å². The van der Waals surface area contributed by atoms with Gasteiger partial charge in [0.15, 0.2) is 0 Å². The molecule has 2 heterocycles. The SMILES string of the molecule is Cc1cccc2c(=O)n(CCC(=O)N3CCN(S(=O)(=O)N(C)C)CC3)cnc12. The Morgan fingerprint density at radius 1 is 1.18 bits per heavy atom. The molecular weight excluding hydrogens is 382 g/mol. The number of amides is 1. The van der Waals surface area contributed by atoms with E-state index in [-0.39, 0.29) is 37.5 Å². The van der Waals surface area contributed by atoms with Crippen molar-refractivity contribution < 1.29 is 13.2 Å². The second-order valence-corrected chi connectivity index (χ2v) is 9.18. The highest BCUT2D eigenvalue weighted by atomic mass is 32.2. The maximum absolute atomic E-state index is 12.6. The van der Waals surface area contributed by atoms with Crippen LogP contribution >= 0.6 is 0 Å². The van der Waals surface area contributed by atoms with Crippen LogP contribution in [0.3, 0.4) is 0 Å². The molecule has 152 valence electrons. The second kappa shape index (κ2) is 7.98. The first-order chi connectivity index (χ1) is 13.2. The van der Waals surface area contributed by atoms with Crippen LogP contribution in [0, 0.1) is 6.92 Å². The molecule has 0 N–H and O–H groups in total. The van der Waals surface area contributed by atoms with Crippen LogP contribution in [0.1, 0.15) is 12.0 Å². The Bertz CT molecular complexity index is 1040. The summed E-state index contributed by atoms with van der Waals surface area (Å²) in [5.74, 6) is -0.0989. The number of hydrogen-bond acceptors (Lipinski definition) is 5. The minimum absolute atomic E-state index is 0.0989. The van der Waals surface area contributed by atoms with Crippen molar-refractivity contribution in [2.45, 2.75) is 19.9 Å². The zero-order valence-corrected chi connectivity index (χ0v) is 17.1. The van der Waals surface area contributed by atoms with E-state index in [1.807, 2.05) is 19.1 Å². The van der Waals surface area contributed by atoms with E-state index < -0.39 is 10.2 Å². The fraction of sp³-hybridized carbons (Fsp3) is 0.500. The van der Waals surface area contributed by atoms with Gasteiger partial charge in [-0.1, -0.05) is 12.1 Å². The van der Waals surface area contributed by atoms with Crippen LogP contribution < -0.4 is 5.56 Å². The number of hydrogen-bond donors (Lipinski definition) is 0. The molecule has 0 radical (unpaired) electrons. The lowest BCUT2D eigenvalue weighted by Gasteiger charge is -2.35. The lowest BCUT2D eigenvalue weighted by Crippen LogP contribution is -2.53. The summed E-state index contributed by atoms with van der Waals surface area (Å²) in [5.41, 5.74) is 1.44. The van der Waals surface area contributed by atoms with Gasteiger partial charge < -0.3 is 4.90 Å². The summed E-state index contributed by atoms with van der Waals surface area (Å²) >= 11 is 0. The van der Waals surface area contributed by atoms with Gasteiger partial charge >= 0.3 is 0 Å². The highest BCUT2D eigenvalue weighted by Crippen LogP contribution is 2.13. The molecule has 1 aromatic carbocycles. The predicted molar refractivity (Wildman–Crippen MR) is 106 cm³/mol. The first-order valence-corrected chi connectivity index (χ1v) is 10.5. The highest BCUT2D eigenvalue weighted by molar-refractivity contribution is 7.86. The maximum atomic E-state index is 12.6. The first-order valence-electron chi connectivity index (χ1n) is 9.12. The summed E-state index contributed by atoms with van der Waals surface area (Å²) in [5, 5.41) is 0.539. The van der Waals surface area contributed by atoms with Crippen molar-refractivity contribution in [2.24, 2.45) is 0 Å². The molecule has 0 saturated carbocycles. The Kier molecular flexibility index (Phi) is 5.82. The zero-order valence-electron chi connectivity index (χ0n) is 16.3. The van der Waals surface area contributed by atoms with Gasteiger partial charge in [0.1, 0.15) is 0 Å². The molecule has 0 unspecified atom stereocenters. The van der Waals surface area contributed by atoms with Gasteiger partial charge in [-0.3, -0.25) is 14.2 Å². The molecule has 1 saturated heterocycles. The number of aryl methyl sites for hydroxylation is 2. The van der Waals surface area contributed by atoms with Gasteiger partial charge in [-0.15, -0.1) is 0 Å². The van der Waals surface area contributed by atoms with Crippen LogP contribution in [0.15, 0.2) is 29.3 Å². The van der Waals surface area contributed by atoms with Crippen LogP contribution in [-0.2, 0) is 21.5 Å². The molecule has 0 atom stereocenters. The second-order valence-electron chi connectivity index (χ2n) is 7.03. The molecule has 1 amide bonds. The fourth-order valence-corrected chi connectivity index (χ4v) is 4.36. The average molecular weight is 407 g/mol. The standard InChI is InChI=1S/C18H25N5O4S/c1-14-5-4-6-15-17(14)19-13-22(18(15)25)8-7-16(24)21-9-11-23(12-10-21)28(26,27)20(2)3/h4-6,13H,7-12H2,1-3H3. The average Bonchev–Trinajstić information content (AvgIpc) is 2.68. The number of carbonyl (C=O) groups is 1. The minimum Gasteiger partial charge on any atom is -0.340 e. The molecule has 0 spiro atoms. The summed E-state index contributed by atoms with van der Waals surface area (Å²) in [4.78, 5) is 31.1. The van der Waals surface area contributed by atoms with Gasteiger partial charge in [0.2, 0.25) is 5.91 Å². The van der Waals surface area contributed by atoms with Crippen molar-refractivity contribution in [3.05, 3.63) is 40.4 Å². The topological polar surface area (TPSA) is 95.8 Å². The smallest absolute Gasteiger partial charge is 0.281 e. The lowest BCUT2D eigenvalue weighted by molar-refractivity contribution is -0.132. The summed E-state index contributed by atoms with van der Waals surface area (Å²) in [7, 11) is -0.480. The molecule has 0 aliphatic carbocycles. The molecule has 28 heavy (non-hydrogen) atoms. The summed E-state index contributed by atoms with van der Waals surface area (Å²) in [6.45, 7) is 3.36. The quantitative estimate of drug-likeness (QED) is 0.698. The van der Waals surface area contributed by atoms with E-state index in [1.54, 1.807) is 11.0 Å². The molecule has 9 nitrogen and oxygen atoms in total. The van der Waals surface area contributed by atoms with E-state index >= 15 is 0 Å². The van der Waals surface area contributed by atoms with E-state index in [4.69, 9.17) is 0 Å². The molecule has 3 rings (SSSR count). The monoisotopic (exact) mass is 407 g/mol. The maximum Gasteiger partial charge on any atom is 0.281 e. The Labute approximate surface area is 164 Å². The van der Waals surface area contributed by atoms with E-state index in [9.17, 15) is 18.0 Å². The fourth-order valence-electron chi connectivity index (χ4n) is 3.27. The van der Waals surface area contributed by atoms with Gasteiger partial charge in [-0.25, -0.2) is 4.98 Å². The number of fused-ring (bicyclic) bond motifs is 1. The van der Waals surface area contributed by atoms with Gasteiger partial charge in [-0.05, 0) is 18.6 Å². The molecule has 1 aliphatic rings. The highest BCUT2D eigenvalue weighted by Gasteiger charge is 2.30. The van der Waals surface area contributed by atoms with Gasteiger partial charge in [0.05, 0.1) is 17.2 Å². The van der Waals surface area contributed by atoms with Gasteiger partial charge in [0.25, 0.3) is 15.8 Å². The number of benzene rings is 1. The summed E-state index contributed by atoms with van der Waals surface area (Å²) < 4.78 is 28.3. The number of aromatic nitrogens is 2. The van der Waals surface area contributed by atoms with Crippen molar-refractivity contribution in [2.75, 3.05) is 40.3 Å². The summed E-state index contributed by atoms with van der Waals surface area (Å²) in [6.07, 6.45) is 1.64. The third kappa shape index (κ3) is 3.94. The molecule has 0 bridgehead atoms. The molecule has 1 aliphatic heterocycles. The third-order valence-corrected chi connectivity index (χ3v) is 6.94. The van der Waals surface area contributed by atoms with E-state index in [2.05, 4.69) is 4.98 Å². The van der Waals surface area contributed by atoms with Crippen molar-refractivity contribution in [3.8, 4) is 0 Å². The Hall–Kier alpha value is -2.30. The van der Waals surface area contributed by atoms with Crippen LogP contribution in [0.4, 0.5) is 0 Å². The van der Waals surface area contributed by atoms with E-state index in [1.165, 1.54) is 33.6 Å². The Balaban J connectivity index is 1.62. The molecule has 2 aromatic rings. The molecule has 10 heteroatoms. The Morgan fingerprint density at radius 3 is 2.50 bits per heavy atom. The molecule has 1 fully saturated rings. The number of nitrogens with zero attached hydrogens (tertiary/aromatic N) is 5. The van der Waals surface area contributed by atoms with Crippen LogP contribution in [0.25, 0.3) is 10.9 Å². The van der Waals surface area contributed by atoms with Crippen LogP contribution in [-0.4, -0.2) is 77.7 Å². The number of piperazine rings is 1. The van der Waals surface area contributed by atoms with Gasteiger partial charge in [-0.2, -0.15) is 17.0 Å². The normalized spacial score (nSPS) is 16.1.